The van der Waals surface area contributed by atoms with Gasteiger partial charge in [0, 0.05) is 25.3 Å². The van der Waals surface area contributed by atoms with Crippen LogP contribution in [0, 0.1) is 5.92 Å². The Bertz CT molecular complexity index is 154. The predicted octanol–water partition coefficient (Wildman–Crippen LogP) is 1.55. The molecule has 1 saturated heterocycles. The number of aliphatic hydroxyl groups excluding tert-OH is 1. The Morgan fingerprint density at radius 2 is 2.07 bits per heavy atom. The number of nitrogens with one attached hydrogen (secondary N) is 1. The first-order chi connectivity index (χ1) is 7.26. The van der Waals surface area contributed by atoms with E-state index in [4.69, 9.17) is 9.84 Å². The van der Waals surface area contributed by atoms with E-state index in [0.717, 1.165) is 25.6 Å². The lowest BCUT2D eigenvalue weighted by molar-refractivity contribution is 0.0602. The predicted molar refractivity (Wildman–Crippen MR) is 61.9 cm³/mol. The Morgan fingerprint density at radius 1 is 1.40 bits per heavy atom. The van der Waals surface area contributed by atoms with Crippen molar-refractivity contribution in [1.82, 2.24) is 5.32 Å². The molecule has 0 bridgehead atoms. The fraction of sp³-hybridized carbons (Fsp3) is 1.00. The van der Waals surface area contributed by atoms with Gasteiger partial charge in [-0.05, 0) is 38.5 Å². The van der Waals surface area contributed by atoms with Crippen LogP contribution >= 0.6 is 0 Å². The van der Waals surface area contributed by atoms with Crippen molar-refractivity contribution in [2.75, 3.05) is 19.8 Å². The molecule has 1 rings (SSSR count). The lowest BCUT2D eigenvalue weighted by Gasteiger charge is -2.27. The van der Waals surface area contributed by atoms with Gasteiger partial charge >= 0.3 is 0 Å². The molecule has 0 aromatic heterocycles. The molecule has 2 N–H and O–H groups in total. The van der Waals surface area contributed by atoms with Crippen molar-refractivity contribution >= 4 is 0 Å². The van der Waals surface area contributed by atoms with E-state index in [2.05, 4.69) is 19.2 Å². The SMILES string of the molecule is CC[C@H](CO)NC(C)CC1CCOCC1. The molecule has 3 heteroatoms. The number of hydrogen-bond acceptors (Lipinski definition) is 3. The van der Waals surface area contributed by atoms with Gasteiger partial charge in [0.2, 0.25) is 0 Å². The van der Waals surface area contributed by atoms with Crippen LogP contribution in [0.4, 0.5) is 0 Å². The van der Waals surface area contributed by atoms with Gasteiger partial charge in [-0.25, -0.2) is 0 Å². The van der Waals surface area contributed by atoms with Crippen molar-refractivity contribution in [2.24, 2.45) is 5.92 Å². The van der Waals surface area contributed by atoms with E-state index >= 15 is 0 Å². The summed E-state index contributed by atoms with van der Waals surface area (Å²) in [6.45, 7) is 6.42. The van der Waals surface area contributed by atoms with Crippen molar-refractivity contribution in [3.8, 4) is 0 Å². The number of rotatable bonds is 6. The van der Waals surface area contributed by atoms with Crippen LogP contribution in [0.1, 0.15) is 39.5 Å². The molecule has 1 aliphatic heterocycles. The van der Waals surface area contributed by atoms with E-state index in [1.54, 1.807) is 0 Å². The fourth-order valence-corrected chi connectivity index (χ4v) is 2.25. The van der Waals surface area contributed by atoms with Crippen LogP contribution in [-0.2, 0) is 4.74 Å². The third-order valence-corrected chi connectivity index (χ3v) is 3.26. The highest BCUT2D eigenvalue weighted by molar-refractivity contribution is 4.74. The molecule has 0 amide bonds. The Morgan fingerprint density at radius 3 is 2.60 bits per heavy atom. The highest BCUT2D eigenvalue weighted by Gasteiger charge is 2.18. The molecule has 1 heterocycles. The summed E-state index contributed by atoms with van der Waals surface area (Å²) in [5.74, 6) is 0.803. The molecule has 0 spiro atoms. The fourth-order valence-electron chi connectivity index (χ4n) is 2.25. The maximum atomic E-state index is 9.10. The Kier molecular flexibility index (Phi) is 6.22. The summed E-state index contributed by atoms with van der Waals surface area (Å²) in [6, 6.07) is 0.769. The van der Waals surface area contributed by atoms with E-state index in [1.807, 2.05) is 0 Å². The van der Waals surface area contributed by atoms with Crippen LogP contribution in [0.2, 0.25) is 0 Å². The second-order valence-corrected chi connectivity index (χ2v) is 4.65. The van der Waals surface area contributed by atoms with Crippen LogP contribution in [0.5, 0.6) is 0 Å². The van der Waals surface area contributed by atoms with Crippen molar-refractivity contribution < 1.29 is 9.84 Å². The molecule has 3 nitrogen and oxygen atoms in total. The zero-order valence-corrected chi connectivity index (χ0v) is 10.0. The third-order valence-electron chi connectivity index (χ3n) is 3.26. The summed E-state index contributed by atoms with van der Waals surface area (Å²) >= 11 is 0. The molecule has 0 radical (unpaired) electrons. The van der Waals surface area contributed by atoms with Crippen LogP contribution < -0.4 is 5.32 Å². The average molecular weight is 215 g/mol. The molecule has 1 aliphatic rings. The maximum Gasteiger partial charge on any atom is 0.0584 e. The zero-order chi connectivity index (χ0) is 11.1. The molecule has 0 saturated carbocycles. The monoisotopic (exact) mass is 215 g/mol. The van der Waals surface area contributed by atoms with Crippen LogP contribution in [0.3, 0.4) is 0 Å². The minimum absolute atomic E-state index is 0.245. The average Bonchev–Trinajstić information content (AvgIpc) is 2.27. The van der Waals surface area contributed by atoms with Gasteiger partial charge in [-0.2, -0.15) is 0 Å². The van der Waals surface area contributed by atoms with E-state index in [1.165, 1.54) is 19.3 Å². The normalized spacial score (nSPS) is 22.6. The first-order valence-corrected chi connectivity index (χ1v) is 6.20. The maximum absolute atomic E-state index is 9.10. The van der Waals surface area contributed by atoms with Crippen LogP contribution in [0.25, 0.3) is 0 Å². The summed E-state index contributed by atoms with van der Waals surface area (Å²) in [4.78, 5) is 0. The zero-order valence-electron chi connectivity index (χ0n) is 10.0. The van der Waals surface area contributed by atoms with Gasteiger partial charge in [-0.1, -0.05) is 6.92 Å². The molecule has 90 valence electrons. The first-order valence-electron chi connectivity index (χ1n) is 6.20. The van der Waals surface area contributed by atoms with Crippen LogP contribution in [0.15, 0.2) is 0 Å². The molecular weight excluding hydrogens is 190 g/mol. The van der Waals surface area contributed by atoms with Crippen molar-refractivity contribution in [2.45, 2.75) is 51.6 Å². The number of hydrogen-bond donors (Lipinski definition) is 2. The quantitative estimate of drug-likeness (QED) is 0.706. The lowest BCUT2D eigenvalue weighted by Crippen LogP contribution is -2.40. The van der Waals surface area contributed by atoms with Gasteiger partial charge in [0.1, 0.15) is 0 Å². The van der Waals surface area contributed by atoms with Gasteiger partial charge in [-0.15, -0.1) is 0 Å². The van der Waals surface area contributed by atoms with Gasteiger partial charge in [-0.3, -0.25) is 0 Å². The Hall–Kier alpha value is -0.120. The van der Waals surface area contributed by atoms with Gasteiger partial charge < -0.3 is 15.2 Å². The summed E-state index contributed by atoms with van der Waals surface area (Å²) < 4.78 is 5.34. The van der Waals surface area contributed by atoms with E-state index in [0.29, 0.717) is 6.04 Å². The summed E-state index contributed by atoms with van der Waals surface area (Å²) in [5, 5.41) is 12.6. The third kappa shape index (κ3) is 4.96. The summed E-state index contributed by atoms with van der Waals surface area (Å²) in [5.41, 5.74) is 0. The van der Waals surface area contributed by atoms with Gasteiger partial charge in [0.15, 0.2) is 0 Å². The van der Waals surface area contributed by atoms with Gasteiger partial charge in [0.05, 0.1) is 6.61 Å². The van der Waals surface area contributed by atoms with Crippen LogP contribution in [-0.4, -0.2) is 37.0 Å². The number of ether oxygens (including phenoxy) is 1. The molecule has 1 unspecified atom stereocenters. The summed E-state index contributed by atoms with van der Waals surface area (Å²) in [7, 11) is 0. The van der Waals surface area contributed by atoms with Crippen molar-refractivity contribution in [3.05, 3.63) is 0 Å². The molecule has 0 aliphatic carbocycles. The second-order valence-electron chi connectivity index (χ2n) is 4.65. The standard InChI is InChI=1S/C12H25NO2/c1-3-12(9-14)13-10(2)8-11-4-6-15-7-5-11/h10-14H,3-9H2,1-2H3/t10?,12-/m1/s1. The van der Waals surface area contributed by atoms with Gasteiger partial charge in [0.25, 0.3) is 0 Å². The minimum atomic E-state index is 0.245. The van der Waals surface area contributed by atoms with Crippen molar-refractivity contribution in [3.63, 3.8) is 0 Å². The molecular formula is C12H25NO2. The highest BCUT2D eigenvalue weighted by Crippen LogP contribution is 2.20. The molecule has 1 fully saturated rings. The first kappa shape index (κ1) is 12.9. The molecule has 15 heavy (non-hydrogen) atoms. The van der Waals surface area contributed by atoms with Crippen molar-refractivity contribution in [1.29, 1.82) is 0 Å². The van der Waals surface area contributed by atoms with E-state index < -0.39 is 0 Å². The molecule has 0 aromatic carbocycles. The number of aliphatic hydroxyl groups is 1. The topological polar surface area (TPSA) is 41.5 Å². The lowest BCUT2D eigenvalue weighted by atomic mass is 9.93. The van der Waals surface area contributed by atoms with E-state index in [-0.39, 0.29) is 12.6 Å². The summed E-state index contributed by atoms with van der Waals surface area (Å²) in [6.07, 6.45) is 4.60. The highest BCUT2D eigenvalue weighted by atomic mass is 16.5. The Labute approximate surface area is 93.2 Å². The minimum Gasteiger partial charge on any atom is -0.395 e. The molecule has 0 aromatic rings. The Balaban J connectivity index is 2.18. The van der Waals surface area contributed by atoms with E-state index in [9.17, 15) is 0 Å². The molecule has 2 atom stereocenters. The second kappa shape index (κ2) is 7.20. The smallest absolute Gasteiger partial charge is 0.0584 e. The largest absolute Gasteiger partial charge is 0.395 e.